The van der Waals surface area contributed by atoms with E-state index in [0.717, 1.165) is 54.2 Å². The Morgan fingerprint density at radius 3 is 2.91 bits per heavy atom. The van der Waals surface area contributed by atoms with Crippen LogP contribution in [0.2, 0.25) is 0 Å². The van der Waals surface area contributed by atoms with Gasteiger partial charge in [-0.1, -0.05) is 0 Å². The van der Waals surface area contributed by atoms with Gasteiger partial charge in [0.05, 0.1) is 17.4 Å². The number of aromatic nitrogens is 5. The predicted octanol–water partition coefficient (Wildman–Crippen LogP) is 1.13. The molecule has 0 bridgehead atoms. The van der Waals surface area contributed by atoms with Crippen LogP contribution in [0.1, 0.15) is 5.69 Å². The first-order valence-electron chi connectivity index (χ1n) is 7.42. The smallest absolute Gasteiger partial charge is 0.183 e. The standard InChI is InChI=1S/C15H17N7/c1-10-12-8-11(2-3-13(12)20-19-10)15-18-14(9-17-21-15)22-6-4-16-5-7-22/h2-3,8-9,16H,4-7H2,1H3,(H,19,20). The lowest BCUT2D eigenvalue weighted by atomic mass is 10.1. The third-order valence-electron chi connectivity index (χ3n) is 4.00. The Balaban J connectivity index is 1.72. The van der Waals surface area contributed by atoms with Gasteiger partial charge in [0.1, 0.15) is 0 Å². The van der Waals surface area contributed by atoms with Crippen molar-refractivity contribution in [3.63, 3.8) is 0 Å². The minimum atomic E-state index is 0.651. The van der Waals surface area contributed by atoms with Crippen LogP contribution in [0.4, 0.5) is 5.82 Å². The average Bonchev–Trinajstić information content (AvgIpc) is 2.96. The summed E-state index contributed by atoms with van der Waals surface area (Å²) in [5.41, 5.74) is 2.96. The molecule has 0 unspecified atom stereocenters. The molecule has 1 aliphatic heterocycles. The number of fused-ring (bicyclic) bond motifs is 1. The van der Waals surface area contributed by atoms with Crippen molar-refractivity contribution >= 4 is 16.7 Å². The second kappa shape index (κ2) is 5.34. The number of rotatable bonds is 2. The molecule has 3 aromatic rings. The fourth-order valence-corrected chi connectivity index (χ4v) is 2.75. The normalized spacial score (nSPS) is 15.4. The molecule has 1 saturated heterocycles. The molecule has 0 spiro atoms. The van der Waals surface area contributed by atoms with Crippen LogP contribution in [0, 0.1) is 6.92 Å². The summed E-state index contributed by atoms with van der Waals surface area (Å²) in [5.74, 6) is 1.54. The number of benzene rings is 1. The number of aromatic amines is 1. The number of nitrogens with one attached hydrogen (secondary N) is 2. The topological polar surface area (TPSA) is 82.6 Å². The highest BCUT2D eigenvalue weighted by Crippen LogP contribution is 2.23. The molecule has 2 N–H and O–H groups in total. The number of H-pyrrole nitrogens is 1. The van der Waals surface area contributed by atoms with Crippen molar-refractivity contribution in [3.8, 4) is 11.4 Å². The minimum Gasteiger partial charge on any atom is -0.353 e. The van der Waals surface area contributed by atoms with E-state index in [1.165, 1.54) is 0 Å². The maximum absolute atomic E-state index is 4.68. The Morgan fingerprint density at radius 1 is 1.18 bits per heavy atom. The van der Waals surface area contributed by atoms with Crippen LogP contribution >= 0.6 is 0 Å². The summed E-state index contributed by atoms with van der Waals surface area (Å²) >= 11 is 0. The largest absolute Gasteiger partial charge is 0.353 e. The lowest BCUT2D eigenvalue weighted by Gasteiger charge is -2.28. The van der Waals surface area contributed by atoms with Gasteiger partial charge < -0.3 is 10.2 Å². The van der Waals surface area contributed by atoms with Gasteiger partial charge in [-0.3, -0.25) is 5.10 Å². The van der Waals surface area contributed by atoms with Gasteiger partial charge >= 0.3 is 0 Å². The summed E-state index contributed by atoms with van der Waals surface area (Å²) in [6.45, 7) is 5.81. The first kappa shape index (κ1) is 13.1. The molecule has 0 radical (unpaired) electrons. The molecule has 3 heterocycles. The van der Waals surface area contributed by atoms with Crippen LogP contribution in [-0.2, 0) is 0 Å². The molecular weight excluding hydrogens is 278 g/mol. The van der Waals surface area contributed by atoms with E-state index >= 15 is 0 Å². The molecule has 1 aliphatic rings. The van der Waals surface area contributed by atoms with Crippen molar-refractivity contribution in [2.24, 2.45) is 0 Å². The van der Waals surface area contributed by atoms with Crippen molar-refractivity contribution < 1.29 is 0 Å². The summed E-state index contributed by atoms with van der Waals surface area (Å²) in [5, 5.41) is 20.0. The molecular formula is C15H17N7. The lowest BCUT2D eigenvalue weighted by molar-refractivity contribution is 0.583. The van der Waals surface area contributed by atoms with Gasteiger partial charge in [0.2, 0.25) is 0 Å². The van der Waals surface area contributed by atoms with Gasteiger partial charge in [0.25, 0.3) is 0 Å². The van der Waals surface area contributed by atoms with Crippen molar-refractivity contribution in [2.45, 2.75) is 6.92 Å². The van der Waals surface area contributed by atoms with E-state index in [1.807, 2.05) is 19.1 Å². The van der Waals surface area contributed by atoms with Crippen molar-refractivity contribution in [3.05, 3.63) is 30.1 Å². The van der Waals surface area contributed by atoms with Gasteiger partial charge in [-0.25, -0.2) is 4.98 Å². The summed E-state index contributed by atoms with van der Waals surface area (Å²) < 4.78 is 0. The van der Waals surface area contributed by atoms with Gasteiger partial charge in [-0.15, -0.1) is 5.10 Å². The number of hydrogen-bond acceptors (Lipinski definition) is 6. The Kier molecular flexibility index (Phi) is 3.19. The van der Waals surface area contributed by atoms with E-state index in [0.29, 0.717) is 5.82 Å². The molecule has 7 nitrogen and oxygen atoms in total. The summed E-state index contributed by atoms with van der Waals surface area (Å²) in [4.78, 5) is 6.91. The predicted molar refractivity (Wildman–Crippen MR) is 84.7 cm³/mol. The van der Waals surface area contributed by atoms with Crippen LogP contribution in [0.3, 0.4) is 0 Å². The average molecular weight is 295 g/mol. The maximum atomic E-state index is 4.68. The highest BCUT2D eigenvalue weighted by molar-refractivity contribution is 5.85. The van der Waals surface area contributed by atoms with Gasteiger partial charge in [-0.05, 0) is 25.1 Å². The quantitative estimate of drug-likeness (QED) is 0.737. The summed E-state index contributed by atoms with van der Waals surface area (Å²) in [6.07, 6.45) is 1.73. The SMILES string of the molecule is Cc1n[nH]c2ccc(-c3nncc(N4CCNCC4)n3)cc12. The highest BCUT2D eigenvalue weighted by Gasteiger charge is 2.14. The van der Waals surface area contributed by atoms with Crippen molar-refractivity contribution in [1.82, 2.24) is 30.7 Å². The zero-order valence-corrected chi connectivity index (χ0v) is 12.4. The zero-order chi connectivity index (χ0) is 14.9. The minimum absolute atomic E-state index is 0.651. The molecule has 7 heteroatoms. The van der Waals surface area contributed by atoms with E-state index in [4.69, 9.17) is 0 Å². The van der Waals surface area contributed by atoms with Crippen molar-refractivity contribution in [2.75, 3.05) is 31.1 Å². The number of piperazine rings is 1. The Hall–Kier alpha value is -2.54. The Labute approximate surface area is 127 Å². The summed E-state index contributed by atoms with van der Waals surface area (Å²) in [6, 6.07) is 6.07. The molecule has 112 valence electrons. The second-order valence-electron chi connectivity index (χ2n) is 5.44. The molecule has 2 aromatic heterocycles. The fraction of sp³-hybridized carbons (Fsp3) is 0.333. The molecule has 0 saturated carbocycles. The molecule has 0 amide bonds. The Bertz CT molecular complexity index is 805. The molecule has 1 aromatic carbocycles. The Morgan fingerprint density at radius 2 is 2.05 bits per heavy atom. The molecule has 1 fully saturated rings. The van der Waals surface area contributed by atoms with Crippen LogP contribution in [0.25, 0.3) is 22.3 Å². The molecule has 4 rings (SSSR count). The summed E-state index contributed by atoms with van der Waals surface area (Å²) in [7, 11) is 0. The third-order valence-corrected chi connectivity index (χ3v) is 4.00. The number of hydrogen-bond donors (Lipinski definition) is 2. The van der Waals surface area contributed by atoms with Gasteiger partial charge in [0.15, 0.2) is 11.6 Å². The number of nitrogens with zero attached hydrogens (tertiary/aromatic N) is 5. The monoisotopic (exact) mass is 295 g/mol. The number of aryl methyl sites for hydroxylation is 1. The third kappa shape index (κ3) is 2.29. The number of anilines is 1. The van der Waals surface area contributed by atoms with E-state index in [1.54, 1.807) is 6.20 Å². The molecule has 0 atom stereocenters. The van der Waals surface area contributed by atoms with Gasteiger partial charge in [0, 0.05) is 37.1 Å². The van der Waals surface area contributed by atoms with Crippen LogP contribution < -0.4 is 10.2 Å². The van der Waals surface area contributed by atoms with Crippen LogP contribution in [-0.4, -0.2) is 51.6 Å². The molecule has 0 aliphatic carbocycles. The van der Waals surface area contributed by atoms with Crippen LogP contribution in [0.5, 0.6) is 0 Å². The highest BCUT2D eigenvalue weighted by atomic mass is 15.3. The van der Waals surface area contributed by atoms with E-state index in [-0.39, 0.29) is 0 Å². The second-order valence-corrected chi connectivity index (χ2v) is 5.44. The maximum Gasteiger partial charge on any atom is 0.183 e. The van der Waals surface area contributed by atoms with Gasteiger partial charge in [-0.2, -0.15) is 10.2 Å². The fourth-order valence-electron chi connectivity index (χ4n) is 2.75. The molecule has 22 heavy (non-hydrogen) atoms. The van der Waals surface area contributed by atoms with E-state index in [2.05, 4.69) is 41.7 Å². The van der Waals surface area contributed by atoms with Crippen molar-refractivity contribution in [1.29, 1.82) is 0 Å². The first-order chi connectivity index (χ1) is 10.8. The lowest BCUT2D eigenvalue weighted by Crippen LogP contribution is -2.44. The van der Waals surface area contributed by atoms with E-state index < -0.39 is 0 Å². The zero-order valence-electron chi connectivity index (χ0n) is 12.4. The van der Waals surface area contributed by atoms with Crippen LogP contribution in [0.15, 0.2) is 24.4 Å². The first-order valence-corrected chi connectivity index (χ1v) is 7.42. The van der Waals surface area contributed by atoms with E-state index in [9.17, 15) is 0 Å².